The predicted octanol–water partition coefficient (Wildman–Crippen LogP) is 2.84. The van der Waals surface area contributed by atoms with Crippen molar-refractivity contribution in [3.63, 3.8) is 0 Å². The molecule has 2 atom stereocenters. The number of nitrogens with zero attached hydrogens (tertiary/aromatic N) is 1. The third kappa shape index (κ3) is 7.87. The first-order valence-corrected chi connectivity index (χ1v) is 11.4. The normalized spacial score (nSPS) is 12.2. The highest BCUT2D eigenvalue weighted by Gasteiger charge is 2.37. The van der Waals surface area contributed by atoms with Crippen molar-refractivity contribution in [2.75, 3.05) is 5.32 Å². The lowest BCUT2D eigenvalue weighted by molar-refractivity contribution is -0.138. The summed E-state index contributed by atoms with van der Waals surface area (Å²) in [5.74, 6) is 0.0334. The highest BCUT2D eigenvalue weighted by atomic mass is 16.6. The third-order valence-electron chi connectivity index (χ3n) is 5.09. The molecular weight excluding hydrogens is 472 g/mol. The summed E-state index contributed by atoms with van der Waals surface area (Å²) in [5.41, 5.74) is 6.33. The zero-order chi connectivity index (χ0) is 27.8. The van der Waals surface area contributed by atoms with Crippen LogP contribution in [-0.4, -0.2) is 40.4 Å². The Bertz CT molecular complexity index is 1270. The number of primary amides is 1. The lowest BCUT2D eigenvalue weighted by atomic mass is 9.97. The second-order valence-electron chi connectivity index (χ2n) is 9.14. The summed E-state index contributed by atoms with van der Waals surface area (Å²) in [4.78, 5) is 52.2. The summed E-state index contributed by atoms with van der Waals surface area (Å²) in [5, 5.41) is 5.11. The Morgan fingerprint density at radius 1 is 1.05 bits per heavy atom. The fourth-order valence-electron chi connectivity index (χ4n) is 3.46. The van der Waals surface area contributed by atoms with Gasteiger partial charge in [-0.15, -0.1) is 6.42 Å². The fraction of sp³-hybridized carbons (Fsp3) is 0.286. The molecule has 0 heterocycles. The molecule has 0 aliphatic heterocycles. The van der Waals surface area contributed by atoms with Crippen LogP contribution in [0.3, 0.4) is 0 Å². The number of rotatable bonds is 8. The molecule has 0 aliphatic rings. The number of ether oxygens (including phenoxy) is 1. The van der Waals surface area contributed by atoms with Crippen LogP contribution in [-0.2, 0) is 19.1 Å². The van der Waals surface area contributed by atoms with E-state index in [9.17, 15) is 19.2 Å². The van der Waals surface area contributed by atoms with Gasteiger partial charge in [0.2, 0.25) is 5.91 Å². The summed E-state index contributed by atoms with van der Waals surface area (Å²) in [7, 11) is 0. The number of para-hydroxylation sites is 1. The molecule has 0 aliphatic carbocycles. The van der Waals surface area contributed by atoms with Gasteiger partial charge < -0.3 is 21.1 Å². The van der Waals surface area contributed by atoms with E-state index in [4.69, 9.17) is 23.3 Å². The van der Waals surface area contributed by atoms with E-state index in [0.29, 0.717) is 11.3 Å². The fourth-order valence-corrected chi connectivity index (χ4v) is 3.46. The van der Waals surface area contributed by atoms with Crippen LogP contribution in [0.5, 0.6) is 0 Å². The van der Waals surface area contributed by atoms with Gasteiger partial charge in [-0.2, -0.15) is 0 Å². The molecular formula is C28H30N4O5. The van der Waals surface area contributed by atoms with Crippen molar-refractivity contribution in [2.45, 2.75) is 51.8 Å². The molecule has 9 nitrogen and oxygen atoms in total. The van der Waals surface area contributed by atoms with E-state index in [0.717, 1.165) is 10.5 Å². The van der Waals surface area contributed by atoms with Gasteiger partial charge in [0.1, 0.15) is 11.6 Å². The minimum atomic E-state index is -1.50. The smallest absolute Gasteiger partial charge is 0.408 e. The van der Waals surface area contributed by atoms with Crippen LogP contribution in [0.1, 0.15) is 49.9 Å². The van der Waals surface area contributed by atoms with E-state index in [1.54, 1.807) is 70.2 Å². The lowest BCUT2D eigenvalue weighted by Crippen LogP contribution is -2.52. The average Bonchev–Trinajstić information content (AvgIpc) is 2.81. The summed E-state index contributed by atoms with van der Waals surface area (Å²) in [6, 6.07) is 12.8. The number of anilines is 1. The molecule has 4 N–H and O–H groups in total. The first kappa shape index (κ1) is 28.5. The van der Waals surface area contributed by atoms with E-state index >= 15 is 0 Å². The van der Waals surface area contributed by atoms with Gasteiger partial charge in [-0.05, 0) is 45.4 Å². The molecule has 0 saturated heterocycles. The quantitative estimate of drug-likeness (QED) is 0.377. The van der Waals surface area contributed by atoms with Crippen LogP contribution in [0, 0.1) is 31.7 Å². The third-order valence-corrected chi connectivity index (χ3v) is 5.09. The first-order valence-electron chi connectivity index (χ1n) is 11.4. The van der Waals surface area contributed by atoms with Gasteiger partial charge in [0.15, 0.2) is 6.04 Å². The van der Waals surface area contributed by atoms with Gasteiger partial charge in [-0.3, -0.25) is 19.3 Å². The number of terminal acetylenes is 2. The van der Waals surface area contributed by atoms with E-state index in [-0.39, 0.29) is 5.56 Å². The number of carbonyl (C=O) groups is 4. The second kappa shape index (κ2) is 12.3. The van der Waals surface area contributed by atoms with Crippen molar-refractivity contribution < 1.29 is 23.9 Å². The molecule has 2 unspecified atom stereocenters. The standard InChI is InChI=1S/C28H30N4O5/c1-7-19-14-10-11-15-20(19)24(25(34)30-21-16-12-9-13-18(21)3)32(8-2)26(35)22(17-23(29)33)31-27(36)37-28(4,5)6/h1-2,9-16,22,24H,17H2,3-6H3,(H2,29,33)(H,30,34)(H,31,36). The van der Waals surface area contributed by atoms with Gasteiger partial charge in [0, 0.05) is 22.9 Å². The van der Waals surface area contributed by atoms with Gasteiger partial charge in [0.25, 0.3) is 11.8 Å². The highest BCUT2D eigenvalue weighted by Crippen LogP contribution is 2.27. The van der Waals surface area contributed by atoms with Crippen molar-refractivity contribution in [3.8, 4) is 24.8 Å². The highest BCUT2D eigenvalue weighted by molar-refractivity contribution is 6.01. The number of nitrogens with one attached hydrogen (secondary N) is 2. The molecule has 192 valence electrons. The van der Waals surface area contributed by atoms with Crippen molar-refractivity contribution in [3.05, 3.63) is 65.2 Å². The Morgan fingerprint density at radius 3 is 2.24 bits per heavy atom. The number of benzene rings is 2. The summed E-state index contributed by atoms with van der Waals surface area (Å²) in [6.07, 6.45) is 9.84. The van der Waals surface area contributed by atoms with Gasteiger partial charge >= 0.3 is 6.09 Å². The van der Waals surface area contributed by atoms with E-state index in [1.807, 2.05) is 6.07 Å². The number of aryl methyl sites for hydroxylation is 1. The van der Waals surface area contributed by atoms with Crippen LogP contribution < -0.4 is 16.4 Å². The van der Waals surface area contributed by atoms with E-state index in [1.165, 1.54) is 0 Å². The maximum Gasteiger partial charge on any atom is 0.408 e. The number of alkyl carbamates (subject to hydrolysis) is 1. The lowest BCUT2D eigenvalue weighted by Gasteiger charge is -2.30. The Balaban J connectivity index is 2.54. The van der Waals surface area contributed by atoms with Crippen LogP contribution in [0.4, 0.5) is 10.5 Å². The van der Waals surface area contributed by atoms with E-state index in [2.05, 4.69) is 22.6 Å². The van der Waals surface area contributed by atoms with Gasteiger partial charge in [-0.25, -0.2) is 4.79 Å². The van der Waals surface area contributed by atoms with Gasteiger partial charge in [-0.1, -0.05) is 48.7 Å². The summed E-state index contributed by atoms with van der Waals surface area (Å²) >= 11 is 0. The molecule has 2 rings (SSSR count). The molecule has 0 saturated carbocycles. The second-order valence-corrected chi connectivity index (χ2v) is 9.14. The van der Waals surface area contributed by atoms with Crippen molar-refractivity contribution >= 4 is 29.5 Å². The molecule has 0 aromatic heterocycles. The van der Waals surface area contributed by atoms with Crippen LogP contribution in [0.15, 0.2) is 48.5 Å². The molecule has 2 aromatic carbocycles. The minimum Gasteiger partial charge on any atom is -0.444 e. The maximum atomic E-state index is 13.6. The molecule has 2 aromatic rings. The molecule has 0 fully saturated rings. The number of nitrogens with two attached hydrogens (primary N) is 1. The van der Waals surface area contributed by atoms with Gasteiger partial charge in [0.05, 0.1) is 6.42 Å². The Morgan fingerprint density at radius 2 is 1.68 bits per heavy atom. The summed E-state index contributed by atoms with van der Waals surface area (Å²) in [6.45, 7) is 6.70. The zero-order valence-electron chi connectivity index (χ0n) is 21.2. The topological polar surface area (TPSA) is 131 Å². The van der Waals surface area contributed by atoms with Crippen LogP contribution in [0.25, 0.3) is 0 Å². The predicted molar refractivity (Wildman–Crippen MR) is 140 cm³/mol. The van der Waals surface area contributed by atoms with Crippen LogP contribution >= 0.6 is 0 Å². The van der Waals surface area contributed by atoms with Crippen molar-refractivity contribution in [2.24, 2.45) is 5.73 Å². The molecule has 0 spiro atoms. The number of carbonyl (C=O) groups excluding carboxylic acids is 4. The first-order chi connectivity index (χ1) is 17.4. The Labute approximate surface area is 216 Å². The molecule has 0 bridgehead atoms. The molecule has 37 heavy (non-hydrogen) atoms. The largest absolute Gasteiger partial charge is 0.444 e. The van der Waals surface area contributed by atoms with Crippen molar-refractivity contribution in [1.29, 1.82) is 0 Å². The zero-order valence-corrected chi connectivity index (χ0v) is 21.2. The summed E-state index contributed by atoms with van der Waals surface area (Å²) < 4.78 is 5.20. The average molecular weight is 503 g/mol. The molecule has 4 amide bonds. The Kier molecular flexibility index (Phi) is 9.45. The monoisotopic (exact) mass is 502 g/mol. The number of amides is 4. The number of hydrogen-bond donors (Lipinski definition) is 3. The molecule has 9 heteroatoms. The van der Waals surface area contributed by atoms with Crippen molar-refractivity contribution in [1.82, 2.24) is 10.2 Å². The minimum absolute atomic E-state index is 0.275. The SMILES string of the molecule is C#Cc1ccccc1C(C(=O)Nc1ccccc1C)N(C#C)C(=O)C(CC(N)=O)NC(=O)OC(C)(C)C. The maximum absolute atomic E-state index is 13.6. The molecule has 0 radical (unpaired) electrons. The number of hydrogen-bond acceptors (Lipinski definition) is 5. The van der Waals surface area contributed by atoms with Crippen LogP contribution in [0.2, 0.25) is 0 Å². The van der Waals surface area contributed by atoms with E-state index < -0.39 is 47.9 Å². The Hall–Kier alpha value is -4.76.